The highest BCUT2D eigenvalue weighted by atomic mass is 35.5. The topological polar surface area (TPSA) is 97.1 Å². The smallest absolute Gasteiger partial charge is 0.251 e. The second-order valence-electron chi connectivity index (χ2n) is 6.31. The standard InChI is InChI=1S/C19H24N4O2.2ClH/c1-13(2)10-17(20)19(25)23-15-8-5-6-14(11-15)18(24)22-12-16-7-3-4-9-21-16;;/h3-9,11,13,17H,10,12,20H2,1-2H3,(H,22,24)(H,23,25);2*1H/t17-;;/m0../s1. The second-order valence-corrected chi connectivity index (χ2v) is 6.31. The number of nitrogens with zero attached hydrogens (tertiary/aromatic N) is 1. The minimum absolute atomic E-state index is 0. The van der Waals surface area contributed by atoms with E-state index in [1.165, 1.54) is 0 Å². The fourth-order valence-electron chi connectivity index (χ4n) is 2.36. The lowest BCUT2D eigenvalue weighted by atomic mass is 10.0. The zero-order valence-electron chi connectivity index (χ0n) is 15.3. The van der Waals surface area contributed by atoms with Crippen LogP contribution in [0.25, 0.3) is 0 Å². The molecule has 0 radical (unpaired) electrons. The van der Waals surface area contributed by atoms with E-state index in [-0.39, 0.29) is 36.6 Å². The van der Waals surface area contributed by atoms with Crippen molar-refractivity contribution in [3.8, 4) is 0 Å². The molecule has 1 aromatic heterocycles. The number of carbonyl (C=O) groups is 2. The Hall–Kier alpha value is -2.15. The number of nitrogens with one attached hydrogen (secondary N) is 2. The molecule has 2 rings (SSSR count). The molecule has 0 fully saturated rings. The lowest BCUT2D eigenvalue weighted by molar-refractivity contribution is -0.117. The molecular formula is C19H26Cl2N4O2. The van der Waals surface area contributed by atoms with Crippen LogP contribution in [-0.2, 0) is 11.3 Å². The van der Waals surface area contributed by atoms with Crippen molar-refractivity contribution in [1.29, 1.82) is 0 Å². The first kappa shape index (κ1) is 24.8. The van der Waals surface area contributed by atoms with Gasteiger partial charge >= 0.3 is 0 Å². The number of hydrogen-bond acceptors (Lipinski definition) is 4. The molecule has 1 heterocycles. The average molecular weight is 413 g/mol. The summed E-state index contributed by atoms with van der Waals surface area (Å²) in [5.74, 6) is -0.141. The van der Waals surface area contributed by atoms with Crippen molar-refractivity contribution < 1.29 is 9.59 Å². The maximum atomic E-state index is 12.3. The number of pyridine rings is 1. The molecule has 0 aliphatic heterocycles. The minimum Gasteiger partial charge on any atom is -0.346 e. The van der Waals surface area contributed by atoms with Crippen LogP contribution in [0.3, 0.4) is 0 Å². The molecule has 148 valence electrons. The lowest BCUT2D eigenvalue weighted by Gasteiger charge is -2.14. The number of nitrogens with two attached hydrogens (primary N) is 1. The second kappa shape index (κ2) is 12.3. The van der Waals surface area contributed by atoms with Crippen LogP contribution < -0.4 is 16.4 Å². The van der Waals surface area contributed by atoms with E-state index in [9.17, 15) is 9.59 Å². The van der Waals surface area contributed by atoms with Crippen LogP contribution in [0, 0.1) is 5.92 Å². The molecule has 0 aliphatic carbocycles. The number of anilines is 1. The van der Waals surface area contributed by atoms with E-state index >= 15 is 0 Å². The first-order chi connectivity index (χ1) is 12.0. The molecule has 2 aromatic rings. The summed E-state index contributed by atoms with van der Waals surface area (Å²) in [5, 5.41) is 5.57. The summed E-state index contributed by atoms with van der Waals surface area (Å²) in [4.78, 5) is 28.5. The van der Waals surface area contributed by atoms with E-state index in [1.54, 1.807) is 30.5 Å². The summed E-state index contributed by atoms with van der Waals surface area (Å²) in [5.41, 5.74) is 7.67. The molecule has 1 atom stereocenters. The third-order valence-corrected chi connectivity index (χ3v) is 3.61. The normalized spacial score (nSPS) is 11.0. The lowest BCUT2D eigenvalue weighted by Crippen LogP contribution is -2.36. The number of hydrogen-bond donors (Lipinski definition) is 3. The van der Waals surface area contributed by atoms with E-state index in [4.69, 9.17) is 5.73 Å². The molecule has 27 heavy (non-hydrogen) atoms. The molecule has 4 N–H and O–H groups in total. The predicted octanol–water partition coefficient (Wildman–Crippen LogP) is 3.17. The van der Waals surface area contributed by atoms with Gasteiger partial charge in [-0.25, -0.2) is 0 Å². The van der Waals surface area contributed by atoms with Crippen LogP contribution in [0.15, 0.2) is 48.7 Å². The van der Waals surface area contributed by atoms with Gasteiger partial charge in [-0.1, -0.05) is 26.0 Å². The third-order valence-electron chi connectivity index (χ3n) is 3.61. The zero-order chi connectivity index (χ0) is 18.2. The summed E-state index contributed by atoms with van der Waals surface area (Å²) in [6, 6.07) is 11.7. The van der Waals surface area contributed by atoms with Crippen LogP contribution in [0.2, 0.25) is 0 Å². The van der Waals surface area contributed by atoms with Gasteiger partial charge in [0.25, 0.3) is 5.91 Å². The van der Waals surface area contributed by atoms with Gasteiger partial charge in [0.05, 0.1) is 18.3 Å². The van der Waals surface area contributed by atoms with E-state index in [0.29, 0.717) is 30.1 Å². The molecule has 0 saturated carbocycles. The van der Waals surface area contributed by atoms with E-state index in [0.717, 1.165) is 5.69 Å². The average Bonchev–Trinajstić information content (AvgIpc) is 2.60. The van der Waals surface area contributed by atoms with E-state index < -0.39 is 6.04 Å². The van der Waals surface area contributed by atoms with Crippen LogP contribution in [0.4, 0.5) is 5.69 Å². The molecule has 6 nitrogen and oxygen atoms in total. The molecule has 8 heteroatoms. The maximum absolute atomic E-state index is 12.3. The van der Waals surface area contributed by atoms with Crippen molar-refractivity contribution in [2.45, 2.75) is 32.9 Å². The van der Waals surface area contributed by atoms with Crippen LogP contribution >= 0.6 is 24.8 Å². The number of halogens is 2. The molecule has 0 unspecified atom stereocenters. The van der Waals surface area contributed by atoms with Crippen LogP contribution in [0.5, 0.6) is 0 Å². The molecule has 1 aromatic carbocycles. The maximum Gasteiger partial charge on any atom is 0.251 e. The number of carbonyl (C=O) groups excluding carboxylic acids is 2. The van der Waals surface area contributed by atoms with Crippen molar-refractivity contribution in [3.63, 3.8) is 0 Å². The van der Waals surface area contributed by atoms with Gasteiger partial charge < -0.3 is 16.4 Å². The third kappa shape index (κ3) is 8.39. The molecule has 0 saturated heterocycles. The van der Waals surface area contributed by atoms with Crippen LogP contribution in [0.1, 0.15) is 36.3 Å². The number of rotatable bonds is 7. The summed E-state index contributed by atoms with van der Waals surface area (Å²) < 4.78 is 0. The Morgan fingerprint density at radius 2 is 1.85 bits per heavy atom. The highest BCUT2D eigenvalue weighted by Gasteiger charge is 2.15. The van der Waals surface area contributed by atoms with Crippen molar-refractivity contribution >= 4 is 42.3 Å². The Bertz CT molecular complexity index is 727. The molecule has 0 bridgehead atoms. The number of benzene rings is 1. The van der Waals surface area contributed by atoms with Gasteiger partial charge in [-0.05, 0) is 42.7 Å². The Balaban J connectivity index is 0.00000338. The van der Waals surface area contributed by atoms with Gasteiger partial charge in [-0.3, -0.25) is 14.6 Å². The molecule has 2 amide bonds. The fraction of sp³-hybridized carbons (Fsp3) is 0.316. The molecule has 0 spiro atoms. The fourth-order valence-corrected chi connectivity index (χ4v) is 2.36. The van der Waals surface area contributed by atoms with Gasteiger partial charge in [-0.15, -0.1) is 24.8 Å². The Kier molecular flexibility index (Phi) is 11.3. The van der Waals surface area contributed by atoms with Gasteiger partial charge in [-0.2, -0.15) is 0 Å². The van der Waals surface area contributed by atoms with Crippen molar-refractivity contribution in [1.82, 2.24) is 10.3 Å². The summed E-state index contributed by atoms with van der Waals surface area (Å²) >= 11 is 0. The highest BCUT2D eigenvalue weighted by molar-refractivity contribution is 5.98. The van der Waals surface area contributed by atoms with Crippen molar-refractivity contribution in [2.24, 2.45) is 11.7 Å². The minimum atomic E-state index is -0.568. The van der Waals surface area contributed by atoms with E-state index in [1.807, 2.05) is 32.0 Å². The quantitative estimate of drug-likeness (QED) is 0.650. The van der Waals surface area contributed by atoms with Gasteiger partial charge in [0.2, 0.25) is 5.91 Å². The Labute approximate surface area is 172 Å². The van der Waals surface area contributed by atoms with Crippen molar-refractivity contribution in [2.75, 3.05) is 5.32 Å². The van der Waals surface area contributed by atoms with Crippen LogP contribution in [-0.4, -0.2) is 22.8 Å². The zero-order valence-corrected chi connectivity index (χ0v) is 17.0. The van der Waals surface area contributed by atoms with Gasteiger partial charge in [0.15, 0.2) is 0 Å². The molecular weight excluding hydrogens is 387 g/mol. The highest BCUT2D eigenvalue weighted by Crippen LogP contribution is 2.12. The van der Waals surface area contributed by atoms with Crippen molar-refractivity contribution in [3.05, 3.63) is 59.9 Å². The Morgan fingerprint density at radius 3 is 2.48 bits per heavy atom. The largest absolute Gasteiger partial charge is 0.346 e. The summed E-state index contributed by atoms with van der Waals surface area (Å²) in [6.45, 7) is 4.37. The first-order valence-corrected chi connectivity index (χ1v) is 8.30. The summed E-state index contributed by atoms with van der Waals surface area (Å²) in [7, 11) is 0. The number of aromatic nitrogens is 1. The van der Waals surface area contributed by atoms with Gasteiger partial charge in [0, 0.05) is 17.4 Å². The predicted molar refractivity (Wildman–Crippen MR) is 112 cm³/mol. The SMILES string of the molecule is CC(C)C[C@H](N)C(=O)Nc1cccc(C(=O)NCc2ccccn2)c1.Cl.Cl. The number of amides is 2. The first-order valence-electron chi connectivity index (χ1n) is 8.30. The van der Waals surface area contributed by atoms with E-state index in [2.05, 4.69) is 15.6 Å². The monoisotopic (exact) mass is 412 g/mol. The summed E-state index contributed by atoms with van der Waals surface area (Å²) in [6.07, 6.45) is 2.29. The van der Waals surface area contributed by atoms with Gasteiger partial charge in [0.1, 0.15) is 0 Å². The Morgan fingerprint density at radius 1 is 1.11 bits per heavy atom. The molecule has 0 aliphatic rings.